The van der Waals surface area contributed by atoms with Crippen LogP contribution < -0.4 is 5.32 Å². The van der Waals surface area contributed by atoms with Gasteiger partial charge in [-0.3, -0.25) is 9.69 Å². The average molecular weight is 355 g/mol. The van der Waals surface area contributed by atoms with Crippen molar-refractivity contribution in [3.8, 4) is 0 Å². The number of amides is 1. The summed E-state index contributed by atoms with van der Waals surface area (Å²) >= 11 is 3.47. The van der Waals surface area contributed by atoms with E-state index in [9.17, 15) is 9.90 Å². The second-order valence-corrected chi connectivity index (χ2v) is 6.54. The molecular weight excluding hydrogens is 332 g/mol. The molecule has 21 heavy (non-hydrogen) atoms. The zero-order valence-corrected chi connectivity index (χ0v) is 14.0. The molecule has 1 unspecified atom stereocenters. The molecule has 1 aliphatic rings. The molecule has 0 saturated carbocycles. The molecule has 0 aliphatic carbocycles. The number of carbonyl (C=O) groups is 1. The van der Waals surface area contributed by atoms with Crippen molar-refractivity contribution >= 4 is 27.5 Å². The predicted molar refractivity (Wildman–Crippen MR) is 88.4 cm³/mol. The first-order chi connectivity index (χ1) is 10.1. The molecule has 116 valence electrons. The SMILES string of the molecule is Cc1ccc(NC(=O)CN2CCCCCC2CO)c(Br)c1. The Morgan fingerprint density at radius 1 is 1.43 bits per heavy atom. The smallest absolute Gasteiger partial charge is 0.238 e. The molecule has 1 aromatic carbocycles. The molecule has 2 N–H and O–H groups in total. The molecule has 1 heterocycles. The fourth-order valence-electron chi connectivity index (χ4n) is 2.75. The fourth-order valence-corrected chi connectivity index (χ4v) is 3.34. The summed E-state index contributed by atoms with van der Waals surface area (Å²) in [7, 11) is 0. The standard InChI is InChI=1S/C16H23BrN2O2/c1-12-6-7-15(14(17)9-12)18-16(21)10-19-8-4-2-3-5-13(19)11-20/h6-7,9,13,20H,2-5,8,10-11H2,1H3,(H,18,21). The Hall–Kier alpha value is -0.910. The number of aryl methyl sites for hydroxylation is 1. The number of nitrogens with zero attached hydrogens (tertiary/aromatic N) is 1. The number of rotatable bonds is 4. The van der Waals surface area contributed by atoms with Crippen LogP contribution in [0.3, 0.4) is 0 Å². The molecule has 1 fully saturated rings. The topological polar surface area (TPSA) is 52.6 Å². The third-order valence-electron chi connectivity index (χ3n) is 3.96. The summed E-state index contributed by atoms with van der Waals surface area (Å²) in [4.78, 5) is 14.3. The van der Waals surface area contributed by atoms with Gasteiger partial charge in [-0.25, -0.2) is 0 Å². The summed E-state index contributed by atoms with van der Waals surface area (Å²) in [6.45, 7) is 3.36. The third kappa shape index (κ3) is 4.80. The van der Waals surface area contributed by atoms with E-state index in [1.807, 2.05) is 25.1 Å². The minimum absolute atomic E-state index is 0.0279. The summed E-state index contributed by atoms with van der Waals surface area (Å²) in [5, 5.41) is 12.4. The van der Waals surface area contributed by atoms with Crippen molar-refractivity contribution in [2.75, 3.05) is 25.0 Å². The first kappa shape index (κ1) is 16.5. The number of benzene rings is 1. The lowest BCUT2D eigenvalue weighted by atomic mass is 10.1. The molecule has 0 radical (unpaired) electrons. The van der Waals surface area contributed by atoms with Crippen molar-refractivity contribution in [3.63, 3.8) is 0 Å². The molecule has 0 spiro atoms. The van der Waals surface area contributed by atoms with Gasteiger partial charge in [-0.1, -0.05) is 18.9 Å². The molecule has 4 nitrogen and oxygen atoms in total. The quantitative estimate of drug-likeness (QED) is 0.873. The molecule has 1 aromatic rings. The molecule has 1 atom stereocenters. The molecule has 1 amide bonds. The van der Waals surface area contributed by atoms with Gasteiger partial charge < -0.3 is 10.4 Å². The van der Waals surface area contributed by atoms with Crippen LogP contribution in [0.4, 0.5) is 5.69 Å². The Morgan fingerprint density at radius 2 is 2.24 bits per heavy atom. The van der Waals surface area contributed by atoms with Gasteiger partial charge in [-0.15, -0.1) is 0 Å². The van der Waals surface area contributed by atoms with Crippen LogP contribution >= 0.6 is 15.9 Å². The van der Waals surface area contributed by atoms with E-state index >= 15 is 0 Å². The number of carbonyl (C=O) groups excluding carboxylic acids is 1. The molecule has 0 bridgehead atoms. The molecular formula is C16H23BrN2O2. The van der Waals surface area contributed by atoms with E-state index in [0.717, 1.165) is 41.5 Å². The van der Waals surface area contributed by atoms with E-state index < -0.39 is 0 Å². The molecule has 1 aliphatic heterocycles. The Balaban J connectivity index is 1.96. The number of likely N-dealkylation sites (tertiary alicyclic amines) is 1. The largest absolute Gasteiger partial charge is 0.395 e. The van der Waals surface area contributed by atoms with E-state index in [1.165, 1.54) is 6.42 Å². The van der Waals surface area contributed by atoms with Gasteiger partial charge in [0, 0.05) is 10.5 Å². The van der Waals surface area contributed by atoms with Gasteiger partial charge in [0.15, 0.2) is 0 Å². The summed E-state index contributed by atoms with van der Waals surface area (Å²) in [6, 6.07) is 5.98. The first-order valence-corrected chi connectivity index (χ1v) is 8.30. The van der Waals surface area contributed by atoms with Gasteiger partial charge in [0.05, 0.1) is 18.8 Å². The number of aliphatic hydroxyl groups is 1. The maximum Gasteiger partial charge on any atom is 0.238 e. The summed E-state index contributed by atoms with van der Waals surface area (Å²) < 4.78 is 0.894. The van der Waals surface area contributed by atoms with E-state index in [0.29, 0.717) is 6.54 Å². The number of hydrogen-bond acceptors (Lipinski definition) is 3. The van der Waals surface area contributed by atoms with Gasteiger partial charge in [0.25, 0.3) is 0 Å². The Bertz CT molecular complexity index is 493. The maximum absolute atomic E-state index is 12.2. The lowest BCUT2D eigenvalue weighted by molar-refractivity contribution is -0.118. The predicted octanol–water partition coefficient (Wildman–Crippen LogP) is 2.93. The van der Waals surface area contributed by atoms with Gasteiger partial charge in [-0.05, 0) is 59.9 Å². The zero-order valence-electron chi connectivity index (χ0n) is 12.4. The number of anilines is 1. The van der Waals surface area contributed by atoms with Crippen molar-refractivity contribution in [3.05, 3.63) is 28.2 Å². The van der Waals surface area contributed by atoms with Crippen molar-refractivity contribution < 1.29 is 9.90 Å². The number of aliphatic hydroxyl groups excluding tert-OH is 1. The zero-order chi connectivity index (χ0) is 15.2. The number of hydrogen-bond donors (Lipinski definition) is 2. The molecule has 2 rings (SSSR count). The fraction of sp³-hybridized carbons (Fsp3) is 0.562. The van der Waals surface area contributed by atoms with E-state index in [4.69, 9.17) is 0 Å². The first-order valence-electron chi connectivity index (χ1n) is 7.51. The average Bonchev–Trinajstić information content (AvgIpc) is 2.67. The number of halogens is 1. The van der Waals surface area contributed by atoms with Crippen LogP contribution in [0.15, 0.2) is 22.7 Å². The highest BCUT2D eigenvalue weighted by Gasteiger charge is 2.22. The van der Waals surface area contributed by atoms with Gasteiger partial charge in [0.2, 0.25) is 5.91 Å². The van der Waals surface area contributed by atoms with Crippen LogP contribution in [0.1, 0.15) is 31.2 Å². The van der Waals surface area contributed by atoms with Gasteiger partial charge in [0.1, 0.15) is 0 Å². The van der Waals surface area contributed by atoms with Crippen molar-refractivity contribution in [1.82, 2.24) is 4.90 Å². The van der Waals surface area contributed by atoms with E-state index in [1.54, 1.807) is 0 Å². The van der Waals surface area contributed by atoms with Crippen LogP contribution in [-0.4, -0.2) is 41.7 Å². The Kier molecular flexibility index (Phi) is 6.21. The van der Waals surface area contributed by atoms with E-state index in [2.05, 4.69) is 26.1 Å². The van der Waals surface area contributed by atoms with Gasteiger partial charge >= 0.3 is 0 Å². The van der Waals surface area contributed by atoms with Gasteiger partial charge in [-0.2, -0.15) is 0 Å². The molecule has 1 saturated heterocycles. The molecule has 0 aromatic heterocycles. The minimum Gasteiger partial charge on any atom is -0.395 e. The van der Waals surface area contributed by atoms with Crippen molar-refractivity contribution in [2.45, 2.75) is 38.6 Å². The highest BCUT2D eigenvalue weighted by molar-refractivity contribution is 9.10. The highest BCUT2D eigenvalue weighted by atomic mass is 79.9. The minimum atomic E-state index is -0.0279. The lowest BCUT2D eigenvalue weighted by Gasteiger charge is -2.27. The molecule has 5 heteroatoms. The van der Waals surface area contributed by atoms with Crippen molar-refractivity contribution in [1.29, 1.82) is 0 Å². The Morgan fingerprint density at radius 3 is 2.95 bits per heavy atom. The van der Waals surface area contributed by atoms with Crippen LogP contribution in [0.5, 0.6) is 0 Å². The van der Waals surface area contributed by atoms with Crippen LogP contribution in [0.2, 0.25) is 0 Å². The third-order valence-corrected chi connectivity index (χ3v) is 4.61. The second kappa shape index (κ2) is 7.92. The van der Waals surface area contributed by atoms with E-state index in [-0.39, 0.29) is 18.6 Å². The second-order valence-electron chi connectivity index (χ2n) is 5.69. The normalized spacial score (nSPS) is 20.0. The Labute approximate surface area is 134 Å². The van der Waals surface area contributed by atoms with Crippen molar-refractivity contribution in [2.24, 2.45) is 0 Å². The summed E-state index contributed by atoms with van der Waals surface area (Å²) in [5.74, 6) is -0.0279. The highest BCUT2D eigenvalue weighted by Crippen LogP contribution is 2.23. The monoisotopic (exact) mass is 354 g/mol. The summed E-state index contributed by atoms with van der Waals surface area (Å²) in [5.41, 5.74) is 1.94. The van der Waals surface area contributed by atoms with Crippen LogP contribution in [0.25, 0.3) is 0 Å². The summed E-state index contributed by atoms with van der Waals surface area (Å²) in [6.07, 6.45) is 4.38. The lowest BCUT2D eigenvalue weighted by Crippen LogP contribution is -2.42. The maximum atomic E-state index is 12.2. The van der Waals surface area contributed by atoms with Crippen LogP contribution in [0, 0.1) is 6.92 Å². The number of nitrogens with one attached hydrogen (secondary N) is 1. The van der Waals surface area contributed by atoms with Crippen LogP contribution in [-0.2, 0) is 4.79 Å².